The molecule has 0 bridgehead atoms. The van der Waals surface area contributed by atoms with Gasteiger partial charge in [-0.1, -0.05) is 97.3 Å². The number of aliphatic hydroxyl groups is 5. The molecule has 0 amide bonds. The summed E-state index contributed by atoms with van der Waals surface area (Å²) < 4.78 is 0. The Morgan fingerprint density at radius 3 is 1.43 bits per heavy atom. The predicted octanol–water partition coefficient (Wildman–Crippen LogP) is 3.50. The zero-order valence-corrected chi connectivity index (χ0v) is 19.3. The number of hydrogen-bond acceptors (Lipinski definition) is 6. The van der Waals surface area contributed by atoms with E-state index in [2.05, 4.69) is 13.8 Å². The molecule has 0 aromatic rings. The normalized spacial score (nSPS) is 15.9. The molecular weight excluding hydrogens is 384 g/mol. The molecule has 0 aliphatic heterocycles. The average molecular weight is 433 g/mol. The average Bonchev–Trinajstić information content (AvgIpc) is 2.73. The molecule has 0 aliphatic rings. The van der Waals surface area contributed by atoms with Crippen LogP contribution in [0.2, 0.25) is 0 Å². The summed E-state index contributed by atoms with van der Waals surface area (Å²) in [5.41, 5.74) is 0. The van der Waals surface area contributed by atoms with Crippen LogP contribution in [0, 0.1) is 5.92 Å². The van der Waals surface area contributed by atoms with Crippen LogP contribution in [0.25, 0.3) is 0 Å². The van der Waals surface area contributed by atoms with E-state index >= 15 is 0 Å². The fraction of sp³-hybridized carbons (Fsp3) is 0.958. The molecule has 0 unspecified atom stereocenters. The summed E-state index contributed by atoms with van der Waals surface area (Å²) in [4.78, 5) is 11.9. The van der Waals surface area contributed by atoms with Gasteiger partial charge in [-0.15, -0.1) is 0 Å². The topological polar surface area (TPSA) is 118 Å². The van der Waals surface area contributed by atoms with Gasteiger partial charge in [-0.25, -0.2) is 0 Å². The minimum atomic E-state index is -1.79. The van der Waals surface area contributed by atoms with Crippen molar-refractivity contribution in [1.29, 1.82) is 0 Å². The van der Waals surface area contributed by atoms with Gasteiger partial charge in [-0.05, 0) is 12.3 Å². The number of ketones is 1. The van der Waals surface area contributed by atoms with E-state index in [0.29, 0.717) is 6.42 Å². The summed E-state index contributed by atoms with van der Waals surface area (Å²) in [6.07, 6.45) is 10.3. The second-order valence-corrected chi connectivity index (χ2v) is 9.17. The van der Waals surface area contributed by atoms with Crippen LogP contribution < -0.4 is 0 Å². The number of aliphatic hydroxyl groups excluding tert-OH is 5. The molecule has 0 aromatic heterocycles. The van der Waals surface area contributed by atoms with Gasteiger partial charge >= 0.3 is 0 Å². The second kappa shape index (κ2) is 19.2. The van der Waals surface area contributed by atoms with Gasteiger partial charge in [0.2, 0.25) is 0 Å². The molecule has 0 aliphatic carbocycles. The van der Waals surface area contributed by atoms with Crippen LogP contribution in [0.15, 0.2) is 0 Å². The van der Waals surface area contributed by atoms with Gasteiger partial charge in [-0.3, -0.25) is 4.79 Å². The smallest absolute Gasteiger partial charge is 0.164 e. The van der Waals surface area contributed by atoms with Gasteiger partial charge in [0.15, 0.2) is 5.78 Å². The van der Waals surface area contributed by atoms with E-state index in [1.165, 1.54) is 64.2 Å². The second-order valence-electron chi connectivity index (χ2n) is 9.17. The largest absolute Gasteiger partial charge is 0.394 e. The zero-order chi connectivity index (χ0) is 22.8. The van der Waals surface area contributed by atoms with Gasteiger partial charge < -0.3 is 25.5 Å². The molecule has 0 rings (SSSR count). The SMILES string of the molecule is CC(C)CCCCCCCCCCCCCCCC(=O)[C@H](O)[C@@H](O)[C@H](O)[C@H](O)CO. The van der Waals surface area contributed by atoms with E-state index in [0.717, 1.165) is 25.2 Å². The molecule has 0 radical (unpaired) electrons. The van der Waals surface area contributed by atoms with Crippen LogP contribution in [0.3, 0.4) is 0 Å². The molecule has 4 atom stereocenters. The van der Waals surface area contributed by atoms with Crippen molar-refractivity contribution < 1.29 is 30.3 Å². The number of carbonyl (C=O) groups excluding carboxylic acids is 1. The molecular formula is C24H48O6. The molecule has 0 aromatic carbocycles. The lowest BCUT2D eigenvalue weighted by Gasteiger charge is -2.24. The summed E-state index contributed by atoms with van der Waals surface area (Å²) in [6, 6.07) is 0. The van der Waals surface area contributed by atoms with Crippen LogP contribution in [0.4, 0.5) is 0 Å². The standard InChI is InChI=1S/C24H48O6/c1-19(2)16-14-12-10-8-6-4-3-5-7-9-11-13-15-17-20(26)22(28)24(30)23(29)21(27)18-25/h19,21-25,27-30H,3-18H2,1-2H3/t21-,22+,23-,24-/m1/s1. The molecule has 5 N–H and O–H groups in total. The molecule has 0 saturated heterocycles. The van der Waals surface area contributed by atoms with Crippen molar-refractivity contribution in [3.63, 3.8) is 0 Å². The molecule has 0 spiro atoms. The lowest BCUT2D eigenvalue weighted by Crippen LogP contribution is -2.48. The lowest BCUT2D eigenvalue weighted by atomic mass is 9.97. The van der Waals surface area contributed by atoms with Crippen molar-refractivity contribution in [2.75, 3.05) is 6.61 Å². The number of Topliss-reactive ketones (excluding diaryl/α,β-unsaturated/α-hetero) is 1. The Morgan fingerprint density at radius 1 is 0.633 bits per heavy atom. The Labute approximate surface area is 183 Å². The Hall–Kier alpha value is -0.530. The zero-order valence-electron chi connectivity index (χ0n) is 19.3. The van der Waals surface area contributed by atoms with E-state index in [1.807, 2.05) is 0 Å². The summed E-state index contributed by atoms with van der Waals surface area (Å²) in [5.74, 6) is 0.285. The maximum Gasteiger partial charge on any atom is 0.164 e. The van der Waals surface area contributed by atoms with E-state index < -0.39 is 36.8 Å². The molecule has 6 nitrogen and oxygen atoms in total. The maximum atomic E-state index is 11.9. The highest BCUT2D eigenvalue weighted by Gasteiger charge is 2.33. The van der Waals surface area contributed by atoms with Crippen LogP contribution in [-0.4, -0.2) is 62.3 Å². The minimum Gasteiger partial charge on any atom is -0.394 e. The molecule has 0 fully saturated rings. The van der Waals surface area contributed by atoms with Gasteiger partial charge in [-0.2, -0.15) is 0 Å². The molecule has 6 heteroatoms. The van der Waals surface area contributed by atoms with Crippen LogP contribution in [0.1, 0.15) is 110 Å². The summed E-state index contributed by atoms with van der Waals surface area (Å²) >= 11 is 0. The lowest BCUT2D eigenvalue weighted by molar-refractivity contribution is -0.147. The number of hydrogen-bond donors (Lipinski definition) is 5. The van der Waals surface area contributed by atoms with Crippen molar-refractivity contribution >= 4 is 5.78 Å². The van der Waals surface area contributed by atoms with Crippen molar-refractivity contribution in [3.05, 3.63) is 0 Å². The van der Waals surface area contributed by atoms with Gasteiger partial charge in [0.05, 0.1) is 6.61 Å². The summed E-state index contributed by atoms with van der Waals surface area (Å²) in [6.45, 7) is 3.82. The Balaban J connectivity index is 3.50. The maximum absolute atomic E-state index is 11.9. The number of unbranched alkanes of at least 4 members (excludes halogenated alkanes) is 12. The number of carbonyl (C=O) groups is 1. The van der Waals surface area contributed by atoms with Gasteiger partial charge in [0.25, 0.3) is 0 Å². The van der Waals surface area contributed by atoms with Crippen molar-refractivity contribution in [3.8, 4) is 0 Å². The highest BCUT2D eigenvalue weighted by atomic mass is 16.4. The molecule has 30 heavy (non-hydrogen) atoms. The predicted molar refractivity (Wildman–Crippen MR) is 120 cm³/mol. The third-order valence-corrected chi connectivity index (χ3v) is 5.79. The molecule has 0 saturated carbocycles. The Morgan fingerprint density at radius 2 is 1.03 bits per heavy atom. The van der Waals surface area contributed by atoms with E-state index in [4.69, 9.17) is 5.11 Å². The third-order valence-electron chi connectivity index (χ3n) is 5.79. The Kier molecular flexibility index (Phi) is 18.8. The first kappa shape index (κ1) is 29.5. The van der Waals surface area contributed by atoms with Crippen molar-refractivity contribution in [2.45, 2.75) is 135 Å². The van der Waals surface area contributed by atoms with Crippen molar-refractivity contribution in [1.82, 2.24) is 0 Å². The quantitative estimate of drug-likeness (QED) is 0.177. The summed E-state index contributed by atoms with van der Waals surface area (Å²) in [7, 11) is 0. The highest BCUT2D eigenvalue weighted by Crippen LogP contribution is 2.15. The monoisotopic (exact) mass is 432 g/mol. The highest BCUT2D eigenvalue weighted by molar-refractivity contribution is 5.83. The fourth-order valence-corrected chi connectivity index (χ4v) is 3.66. The van der Waals surface area contributed by atoms with Crippen LogP contribution >= 0.6 is 0 Å². The van der Waals surface area contributed by atoms with E-state index in [-0.39, 0.29) is 6.42 Å². The molecule has 0 heterocycles. The third kappa shape index (κ3) is 15.3. The van der Waals surface area contributed by atoms with Gasteiger partial charge in [0.1, 0.15) is 24.4 Å². The van der Waals surface area contributed by atoms with Crippen LogP contribution in [-0.2, 0) is 4.79 Å². The van der Waals surface area contributed by atoms with E-state index in [9.17, 15) is 25.2 Å². The van der Waals surface area contributed by atoms with Crippen molar-refractivity contribution in [2.24, 2.45) is 5.92 Å². The number of rotatable bonds is 21. The first-order valence-corrected chi connectivity index (χ1v) is 12.2. The summed E-state index contributed by atoms with van der Waals surface area (Å²) in [5, 5.41) is 47.0. The first-order chi connectivity index (χ1) is 14.3. The Bertz CT molecular complexity index is 401. The molecule has 180 valence electrons. The minimum absolute atomic E-state index is 0.136. The van der Waals surface area contributed by atoms with Gasteiger partial charge in [0, 0.05) is 6.42 Å². The van der Waals surface area contributed by atoms with E-state index in [1.54, 1.807) is 0 Å². The first-order valence-electron chi connectivity index (χ1n) is 12.2. The fourth-order valence-electron chi connectivity index (χ4n) is 3.66. The van der Waals surface area contributed by atoms with Crippen LogP contribution in [0.5, 0.6) is 0 Å².